The van der Waals surface area contributed by atoms with E-state index in [1.54, 1.807) is 0 Å². The van der Waals surface area contributed by atoms with Crippen LogP contribution in [0.15, 0.2) is 15.3 Å². The molecule has 1 aliphatic heterocycles. The zero-order chi connectivity index (χ0) is 25.4. The third-order valence-electron chi connectivity index (χ3n) is 5.21. The summed E-state index contributed by atoms with van der Waals surface area (Å²) in [4.78, 5) is 30.6. The van der Waals surface area contributed by atoms with E-state index < -0.39 is 79.6 Å². The lowest BCUT2D eigenvalue weighted by molar-refractivity contribution is -0.294. The molecule has 0 amide bonds. The van der Waals surface area contributed by atoms with Gasteiger partial charge >= 0.3 is 11.9 Å². The van der Waals surface area contributed by atoms with Crippen LogP contribution in [0.2, 0.25) is 0 Å². The Morgan fingerprint density at radius 2 is 1.50 bits per heavy atom. The van der Waals surface area contributed by atoms with E-state index in [-0.39, 0.29) is 6.42 Å². The number of azide groups is 3. The first-order chi connectivity index (χ1) is 16.1. The number of carbonyl (C=O) groups excluding carboxylic acids is 2. The second-order valence-electron chi connectivity index (χ2n) is 7.47. The highest BCUT2D eigenvalue weighted by atomic mass is 16.7. The molecule has 3 N–H and O–H groups in total. The molecule has 0 aromatic rings. The van der Waals surface area contributed by atoms with Gasteiger partial charge in [0.05, 0.1) is 24.3 Å². The maximum absolute atomic E-state index is 11.5. The van der Waals surface area contributed by atoms with Crippen LogP contribution >= 0.6 is 0 Å². The van der Waals surface area contributed by atoms with Crippen molar-refractivity contribution in [2.75, 3.05) is 6.61 Å². The molecule has 10 atom stereocenters. The summed E-state index contributed by atoms with van der Waals surface area (Å²) in [5.41, 5.74) is 26.6. The Morgan fingerprint density at radius 1 is 0.912 bits per heavy atom. The van der Waals surface area contributed by atoms with Gasteiger partial charge in [-0.3, -0.25) is 9.59 Å². The molecular weight excluding hydrogens is 462 g/mol. The molecule has 2 rings (SSSR count). The molecule has 1 saturated heterocycles. The van der Waals surface area contributed by atoms with E-state index in [0.29, 0.717) is 0 Å². The number of rotatable bonds is 8. The summed E-state index contributed by atoms with van der Waals surface area (Å²) in [7, 11) is 0. The van der Waals surface area contributed by atoms with Crippen LogP contribution in [0.5, 0.6) is 0 Å². The molecule has 1 aliphatic carbocycles. The van der Waals surface area contributed by atoms with Gasteiger partial charge in [0.1, 0.15) is 37.1 Å². The van der Waals surface area contributed by atoms with Crippen molar-refractivity contribution >= 4 is 11.9 Å². The molecular formula is C16H23N9O9. The first-order valence-corrected chi connectivity index (χ1v) is 9.92. The second kappa shape index (κ2) is 12.2. The highest BCUT2D eigenvalue weighted by Crippen LogP contribution is 2.34. The molecule has 0 bridgehead atoms. The zero-order valence-electron chi connectivity index (χ0n) is 18.0. The number of hydrogen-bond acceptors (Lipinski definition) is 12. The maximum Gasteiger partial charge on any atom is 0.303 e. The predicted molar refractivity (Wildman–Crippen MR) is 107 cm³/mol. The maximum atomic E-state index is 11.5. The lowest BCUT2D eigenvalue weighted by atomic mass is 9.84. The normalized spacial score (nSPS) is 37.2. The van der Waals surface area contributed by atoms with Crippen molar-refractivity contribution in [1.82, 2.24) is 0 Å². The van der Waals surface area contributed by atoms with Gasteiger partial charge < -0.3 is 34.3 Å². The topological polar surface area (TPSA) is 278 Å². The smallest absolute Gasteiger partial charge is 0.303 e. The Labute approximate surface area is 191 Å². The van der Waals surface area contributed by atoms with Gasteiger partial charge in [-0.2, -0.15) is 0 Å². The van der Waals surface area contributed by atoms with Gasteiger partial charge in [0.15, 0.2) is 6.29 Å². The van der Waals surface area contributed by atoms with E-state index in [1.807, 2.05) is 0 Å². The molecule has 0 spiro atoms. The van der Waals surface area contributed by atoms with Gasteiger partial charge in [-0.1, -0.05) is 15.3 Å². The zero-order valence-corrected chi connectivity index (χ0v) is 18.0. The first-order valence-electron chi connectivity index (χ1n) is 9.92. The molecule has 4 unspecified atom stereocenters. The number of carbonyl (C=O) groups is 2. The van der Waals surface area contributed by atoms with E-state index in [0.717, 1.165) is 13.8 Å². The van der Waals surface area contributed by atoms with E-state index in [9.17, 15) is 24.9 Å². The molecule has 18 nitrogen and oxygen atoms in total. The van der Waals surface area contributed by atoms with Crippen molar-refractivity contribution in [2.24, 2.45) is 15.3 Å². The van der Waals surface area contributed by atoms with Crippen molar-refractivity contribution in [1.29, 1.82) is 0 Å². The third kappa shape index (κ3) is 6.38. The van der Waals surface area contributed by atoms with Crippen LogP contribution in [-0.2, 0) is 28.5 Å². The molecule has 18 heteroatoms. The Morgan fingerprint density at radius 3 is 2.03 bits per heavy atom. The summed E-state index contributed by atoms with van der Waals surface area (Å²) in [6, 6.07) is -3.81. The molecule has 0 aromatic carbocycles. The number of ether oxygens (including phenoxy) is 4. The first kappa shape index (κ1) is 26.9. The average molecular weight is 485 g/mol. The van der Waals surface area contributed by atoms with Crippen molar-refractivity contribution < 1.29 is 43.9 Å². The van der Waals surface area contributed by atoms with Crippen LogP contribution in [0, 0.1) is 0 Å². The predicted octanol–water partition coefficient (Wildman–Crippen LogP) is 0.114. The van der Waals surface area contributed by atoms with Crippen molar-refractivity contribution in [2.45, 2.75) is 81.3 Å². The highest BCUT2D eigenvalue weighted by Gasteiger charge is 2.51. The minimum Gasteiger partial charge on any atom is -0.463 e. The lowest BCUT2D eigenvalue weighted by Crippen LogP contribution is -2.63. The molecule has 2 aliphatic rings. The number of aliphatic hydroxyl groups excluding tert-OH is 3. The fourth-order valence-corrected chi connectivity index (χ4v) is 3.73. The molecule has 34 heavy (non-hydrogen) atoms. The summed E-state index contributed by atoms with van der Waals surface area (Å²) < 4.78 is 21.1. The van der Waals surface area contributed by atoms with Crippen LogP contribution < -0.4 is 0 Å². The molecule has 0 aromatic heterocycles. The van der Waals surface area contributed by atoms with Gasteiger partial charge in [-0.25, -0.2) is 0 Å². The van der Waals surface area contributed by atoms with Crippen LogP contribution in [0.3, 0.4) is 0 Å². The second-order valence-corrected chi connectivity index (χ2v) is 7.47. The van der Waals surface area contributed by atoms with E-state index in [1.165, 1.54) is 0 Å². The fourth-order valence-electron chi connectivity index (χ4n) is 3.73. The largest absolute Gasteiger partial charge is 0.463 e. The lowest BCUT2D eigenvalue weighted by Gasteiger charge is -2.46. The van der Waals surface area contributed by atoms with Crippen molar-refractivity contribution in [3.63, 3.8) is 0 Å². The van der Waals surface area contributed by atoms with Gasteiger partial charge in [-0.05, 0) is 23.0 Å². The Balaban J connectivity index is 2.38. The Hall–Kier alpha value is -3.33. The number of aliphatic hydroxyl groups is 3. The average Bonchev–Trinajstić information content (AvgIpc) is 2.77. The Bertz CT molecular complexity index is 902. The van der Waals surface area contributed by atoms with Gasteiger partial charge in [-0.15, -0.1) is 0 Å². The minimum absolute atomic E-state index is 0.200. The SMILES string of the molecule is CC(=O)OCC1O[C@H](O[C@@H]2C(N=[N+]=[N-])C[C@@H](N=[N+]=[N-])[C@@H](OC(C)=O)C2O)C(N=[N+]=[N-])[C@@H](O)[C@@H]1O. The molecule has 2 fully saturated rings. The van der Waals surface area contributed by atoms with Crippen molar-refractivity contribution in [3.8, 4) is 0 Å². The number of esters is 2. The summed E-state index contributed by atoms with van der Waals surface area (Å²) >= 11 is 0. The molecule has 0 radical (unpaired) electrons. The van der Waals surface area contributed by atoms with E-state index in [4.69, 9.17) is 35.5 Å². The standard InChI is InChI=1S/C16H23N9O9/c1-5(26)31-4-9-11(28)12(29)10(22-25-19)16(33-9)34-15-8(21-24-18)3-7(20-23-17)14(13(15)30)32-6(2)27/h7-16,28-30H,3-4H2,1-2H3/t7-,8?,9?,10?,11-,12-,13?,14-,15-,16-/m1/s1. The van der Waals surface area contributed by atoms with Crippen LogP contribution in [0.4, 0.5) is 0 Å². The van der Waals surface area contributed by atoms with Crippen molar-refractivity contribution in [3.05, 3.63) is 31.3 Å². The third-order valence-corrected chi connectivity index (χ3v) is 5.21. The quantitative estimate of drug-likeness (QED) is 0.182. The number of nitrogens with zero attached hydrogens (tertiary/aromatic N) is 9. The number of hydrogen-bond donors (Lipinski definition) is 3. The summed E-state index contributed by atoms with van der Waals surface area (Å²) in [6.45, 7) is 1.69. The van der Waals surface area contributed by atoms with E-state index in [2.05, 4.69) is 30.1 Å². The Kier molecular flexibility index (Phi) is 9.68. The molecule has 1 saturated carbocycles. The van der Waals surface area contributed by atoms with Crippen LogP contribution in [0.1, 0.15) is 20.3 Å². The summed E-state index contributed by atoms with van der Waals surface area (Å²) in [5.74, 6) is -1.50. The monoisotopic (exact) mass is 485 g/mol. The van der Waals surface area contributed by atoms with Crippen LogP contribution in [0.25, 0.3) is 31.3 Å². The highest BCUT2D eigenvalue weighted by molar-refractivity contribution is 5.66. The molecule has 1 heterocycles. The summed E-state index contributed by atoms with van der Waals surface area (Å²) in [5, 5.41) is 42.0. The van der Waals surface area contributed by atoms with E-state index >= 15 is 0 Å². The van der Waals surface area contributed by atoms with Gasteiger partial charge in [0.25, 0.3) is 0 Å². The molecule has 186 valence electrons. The van der Waals surface area contributed by atoms with Crippen LogP contribution in [-0.4, -0.2) is 94.9 Å². The minimum atomic E-state index is -1.73. The fraction of sp³-hybridized carbons (Fsp3) is 0.875. The van der Waals surface area contributed by atoms with Gasteiger partial charge in [0.2, 0.25) is 0 Å². The van der Waals surface area contributed by atoms with Gasteiger partial charge in [0, 0.05) is 28.6 Å². The summed E-state index contributed by atoms with van der Waals surface area (Å²) in [6.07, 6.45) is -11.1.